The molecule has 0 aliphatic carbocycles. The smallest absolute Gasteiger partial charge is 0.338 e. The topological polar surface area (TPSA) is 55.4 Å². The van der Waals surface area contributed by atoms with E-state index in [9.17, 15) is 9.59 Å². The molecular formula is C19H14BrNO3. The summed E-state index contributed by atoms with van der Waals surface area (Å²) in [4.78, 5) is 24.0. The fraction of sp³-hybridized carbons (Fsp3) is 0.0526. The first-order valence-corrected chi connectivity index (χ1v) is 8.13. The lowest BCUT2D eigenvalue weighted by atomic mass is 10.1. The lowest BCUT2D eigenvalue weighted by molar-refractivity contribution is -0.119. The van der Waals surface area contributed by atoms with Crippen molar-refractivity contribution in [2.75, 3.05) is 11.9 Å². The minimum atomic E-state index is -0.538. The van der Waals surface area contributed by atoms with Gasteiger partial charge in [-0.2, -0.15) is 0 Å². The van der Waals surface area contributed by atoms with Crippen LogP contribution in [0.15, 0.2) is 71.2 Å². The average molecular weight is 384 g/mol. The van der Waals surface area contributed by atoms with E-state index < -0.39 is 5.97 Å². The molecule has 1 N–H and O–H groups in total. The molecule has 0 aromatic heterocycles. The Hall–Kier alpha value is -2.66. The van der Waals surface area contributed by atoms with E-state index in [1.54, 1.807) is 18.2 Å². The van der Waals surface area contributed by atoms with Crippen molar-refractivity contribution in [2.45, 2.75) is 0 Å². The Morgan fingerprint density at radius 1 is 0.958 bits per heavy atom. The number of amides is 1. The Kier molecular flexibility index (Phi) is 4.91. The van der Waals surface area contributed by atoms with Crippen molar-refractivity contribution in [3.63, 3.8) is 0 Å². The van der Waals surface area contributed by atoms with E-state index in [0.29, 0.717) is 11.3 Å². The molecule has 0 aliphatic rings. The Morgan fingerprint density at radius 2 is 1.71 bits per heavy atom. The highest BCUT2D eigenvalue weighted by atomic mass is 79.9. The zero-order chi connectivity index (χ0) is 16.9. The third-order valence-corrected chi connectivity index (χ3v) is 3.95. The van der Waals surface area contributed by atoms with Crippen LogP contribution in [0, 0.1) is 0 Å². The zero-order valence-electron chi connectivity index (χ0n) is 12.7. The van der Waals surface area contributed by atoms with Gasteiger partial charge in [-0.1, -0.05) is 58.4 Å². The fourth-order valence-corrected chi connectivity index (χ4v) is 2.75. The summed E-state index contributed by atoms with van der Waals surface area (Å²) in [5, 5.41) is 4.74. The maximum atomic E-state index is 12.1. The number of fused-ring (bicyclic) bond motifs is 1. The van der Waals surface area contributed by atoms with Gasteiger partial charge in [0.25, 0.3) is 5.91 Å². The predicted octanol–water partition coefficient (Wildman–Crippen LogP) is 4.40. The van der Waals surface area contributed by atoms with Crippen LogP contribution in [-0.2, 0) is 9.53 Å². The third-order valence-electron chi connectivity index (χ3n) is 3.46. The summed E-state index contributed by atoms with van der Waals surface area (Å²) in [7, 11) is 0. The van der Waals surface area contributed by atoms with E-state index in [4.69, 9.17) is 4.74 Å². The molecule has 5 heteroatoms. The molecule has 1 amide bonds. The molecule has 0 fully saturated rings. The maximum absolute atomic E-state index is 12.1. The molecule has 3 aromatic carbocycles. The number of hydrogen-bond acceptors (Lipinski definition) is 3. The van der Waals surface area contributed by atoms with E-state index in [1.807, 2.05) is 48.5 Å². The number of carbonyl (C=O) groups excluding carboxylic acids is 2. The number of rotatable bonds is 4. The summed E-state index contributed by atoms with van der Waals surface area (Å²) in [5.74, 6) is -0.918. The van der Waals surface area contributed by atoms with E-state index in [0.717, 1.165) is 15.2 Å². The quantitative estimate of drug-likeness (QED) is 0.679. The van der Waals surface area contributed by atoms with Crippen LogP contribution >= 0.6 is 15.9 Å². The van der Waals surface area contributed by atoms with Crippen LogP contribution in [0.2, 0.25) is 0 Å². The zero-order valence-corrected chi connectivity index (χ0v) is 14.2. The van der Waals surface area contributed by atoms with Crippen molar-refractivity contribution in [1.82, 2.24) is 0 Å². The number of hydrogen-bond donors (Lipinski definition) is 1. The molecule has 120 valence electrons. The van der Waals surface area contributed by atoms with Crippen LogP contribution < -0.4 is 5.32 Å². The van der Waals surface area contributed by atoms with Crippen LogP contribution in [0.5, 0.6) is 0 Å². The molecule has 4 nitrogen and oxygen atoms in total. The Bertz CT molecular complexity index is 903. The summed E-state index contributed by atoms with van der Waals surface area (Å²) < 4.78 is 5.83. The minimum absolute atomic E-state index is 0.339. The number of anilines is 1. The van der Waals surface area contributed by atoms with E-state index >= 15 is 0 Å². The molecule has 24 heavy (non-hydrogen) atoms. The molecule has 0 unspecified atom stereocenters. The van der Waals surface area contributed by atoms with Crippen LogP contribution in [0.4, 0.5) is 5.69 Å². The molecule has 0 bridgehead atoms. The fourth-order valence-electron chi connectivity index (χ4n) is 2.35. The first-order valence-electron chi connectivity index (χ1n) is 7.34. The molecule has 0 spiro atoms. The minimum Gasteiger partial charge on any atom is -0.452 e. The summed E-state index contributed by atoms with van der Waals surface area (Å²) >= 11 is 3.29. The Balaban J connectivity index is 1.64. The highest BCUT2D eigenvalue weighted by molar-refractivity contribution is 9.10. The van der Waals surface area contributed by atoms with Crippen LogP contribution in [0.1, 0.15) is 10.4 Å². The van der Waals surface area contributed by atoms with Gasteiger partial charge in [-0.3, -0.25) is 4.79 Å². The monoisotopic (exact) mass is 383 g/mol. The van der Waals surface area contributed by atoms with E-state index in [2.05, 4.69) is 21.2 Å². The SMILES string of the molecule is O=C(COC(=O)c1cccc(Br)c1)Nc1cccc2ccccc12. The summed E-state index contributed by atoms with van der Waals surface area (Å²) in [6, 6.07) is 20.2. The normalized spacial score (nSPS) is 10.4. The van der Waals surface area contributed by atoms with E-state index in [1.165, 1.54) is 0 Å². The lowest BCUT2D eigenvalue weighted by Crippen LogP contribution is -2.21. The number of halogens is 1. The standard InChI is InChI=1S/C19H14BrNO3/c20-15-8-3-7-14(11-15)19(23)24-12-18(22)21-17-10-4-6-13-5-1-2-9-16(13)17/h1-11H,12H2,(H,21,22). The van der Waals surface area contributed by atoms with Gasteiger partial charge in [-0.05, 0) is 29.7 Å². The largest absolute Gasteiger partial charge is 0.452 e. The third kappa shape index (κ3) is 3.81. The number of ether oxygens (including phenoxy) is 1. The second-order valence-electron chi connectivity index (χ2n) is 5.16. The summed E-state index contributed by atoms with van der Waals surface area (Å²) in [6.45, 7) is -0.339. The van der Waals surface area contributed by atoms with Gasteiger partial charge in [0.15, 0.2) is 6.61 Å². The second kappa shape index (κ2) is 7.27. The van der Waals surface area contributed by atoms with Crippen LogP contribution in [0.3, 0.4) is 0 Å². The maximum Gasteiger partial charge on any atom is 0.338 e. The molecule has 0 aliphatic heterocycles. The molecule has 3 rings (SSSR count). The summed E-state index contributed by atoms with van der Waals surface area (Å²) in [5.41, 5.74) is 1.08. The van der Waals surface area contributed by atoms with Crippen LogP contribution in [-0.4, -0.2) is 18.5 Å². The first-order chi connectivity index (χ1) is 11.6. The van der Waals surface area contributed by atoms with Gasteiger partial charge >= 0.3 is 5.97 Å². The molecule has 3 aromatic rings. The number of carbonyl (C=O) groups is 2. The van der Waals surface area contributed by atoms with Gasteiger partial charge in [-0.25, -0.2) is 4.79 Å². The lowest BCUT2D eigenvalue weighted by Gasteiger charge is -2.09. The van der Waals surface area contributed by atoms with Gasteiger partial charge in [0.1, 0.15) is 0 Å². The predicted molar refractivity (Wildman–Crippen MR) is 97.0 cm³/mol. The number of benzene rings is 3. The van der Waals surface area contributed by atoms with Gasteiger partial charge in [-0.15, -0.1) is 0 Å². The van der Waals surface area contributed by atoms with Crippen molar-refractivity contribution in [3.8, 4) is 0 Å². The highest BCUT2D eigenvalue weighted by Crippen LogP contribution is 2.22. The van der Waals surface area contributed by atoms with Gasteiger partial charge in [0.05, 0.1) is 5.56 Å². The second-order valence-corrected chi connectivity index (χ2v) is 6.08. The van der Waals surface area contributed by atoms with E-state index in [-0.39, 0.29) is 12.5 Å². The molecule has 0 saturated carbocycles. The number of nitrogens with one attached hydrogen (secondary N) is 1. The highest BCUT2D eigenvalue weighted by Gasteiger charge is 2.11. The van der Waals surface area contributed by atoms with Crippen molar-refractivity contribution in [3.05, 3.63) is 76.8 Å². The van der Waals surface area contributed by atoms with Crippen molar-refractivity contribution >= 4 is 44.3 Å². The average Bonchev–Trinajstić information content (AvgIpc) is 2.60. The van der Waals surface area contributed by atoms with Gasteiger partial charge in [0, 0.05) is 15.5 Å². The Labute approximate surface area is 147 Å². The van der Waals surface area contributed by atoms with Crippen molar-refractivity contribution < 1.29 is 14.3 Å². The molecule has 0 atom stereocenters. The molecule has 0 heterocycles. The van der Waals surface area contributed by atoms with Gasteiger partial charge < -0.3 is 10.1 Å². The van der Waals surface area contributed by atoms with Gasteiger partial charge in [0.2, 0.25) is 0 Å². The molecule has 0 radical (unpaired) electrons. The molecule has 0 saturated heterocycles. The number of esters is 1. The summed E-state index contributed by atoms with van der Waals surface area (Å²) in [6.07, 6.45) is 0. The first kappa shape index (κ1) is 16.2. The van der Waals surface area contributed by atoms with Crippen LogP contribution in [0.25, 0.3) is 10.8 Å². The van der Waals surface area contributed by atoms with Crippen molar-refractivity contribution in [1.29, 1.82) is 0 Å². The molecular weight excluding hydrogens is 370 g/mol. The Morgan fingerprint density at radius 3 is 2.54 bits per heavy atom. The van der Waals surface area contributed by atoms with Crippen molar-refractivity contribution in [2.24, 2.45) is 0 Å².